The number of ketones is 1. The molecular formula is C17H15Cl3O2. The summed E-state index contributed by atoms with van der Waals surface area (Å²) in [6.07, 6.45) is 0. The summed E-state index contributed by atoms with van der Waals surface area (Å²) >= 11 is 17.7. The number of rotatable bonds is 6. The van der Waals surface area contributed by atoms with Crippen LogP contribution in [0.5, 0.6) is 5.75 Å². The maximum atomic E-state index is 12.6. The Morgan fingerprint density at radius 1 is 0.864 bits per heavy atom. The van der Waals surface area contributed by atoms with E-state index in [0.29, 0.717) is 28.6 Å². The fraction of sp³-hybridized carbons (Fsp3) is 0.235. The molecule has 116 valence electrons. The van der Waals surface area contributed by atoms with Gasteiger partial charge in [0.2, 0.25) is 0 Å². The molecule has 0 amide bonds. The quantitative estimate of drug-likeness (QED) is 0.528. The van der Waals surface area contributed by atoms with Gasteiger partial charge in [0.15, 0.2) is 5.78 Å². The van der Waals surface area contributed by atoms with Crippen molar-refractivity contribution < 1.29 is 9.53 Å². The van der Waals surface area contributed by atoms with Crippen LogP contribution in [0.15, 0.2) is 36.4 Å². The summed E-state index contributed by atoms with van der Waals surface area (Å²) < 4.78 is 5.22. The molecule has 0 aliphatic rings. The van der Waals surface area contributed by atoms with Gasteiger partial charge in [-0.3, -0.25) is 4.79 Å². The molecule has 2 rings (SSSR count). The Balaban J connectivity index is 2.39. The highest BCUT2D eigenvalue weighted by molar-refractivity contribution is 6.19. The van der Waals surface area contributed by atoms with Gasteiger partial charge in [0, 0.05) is 28.5 Å². The van der Waals surface area contributed by atoms with Crippen molar-refractivity contribution in [1.29, 1.82) is 0 Å². The second-order valence-corrected chi connectivity index (χ2v) is 5.54. The van der Waals surface area contributed by atoms with Crippen molar-refractivity contribution in [1.82, 2.24) is 0 Å². The Bertz CT molecular complexity index is 626. The van der Waals surface area contributed by atoms with Gasteiger partial charge in [-0.1, -0.05) is 12.1 Å². The van der Waals surface area contributed by atoms with Gasteiger partial charge in [-0.15, -0.1) is 34.8 Å². The number of halogens is 3. The van der Waals surface area contributed by atoms with E-state index in [2.05, 4.69) is 0 Å². The maximum Gasteiger partial charge on any atom is 0.193 e. The molecule has 0 saturated heterocycles. The van der Waals surface area contributed by atoms with E-state index in [4.69, 9.17) is 39.5 Å². The van der Waals surface area contributed by atoms with Crippen molar-refractivity contribution in [3.8, 4) is 5.75 Å². The normalized spacial score (nSPS) is 10.5. The molecular weight excluding hydrogens is 343 g/mol. The van der Waals surface area contributed by atoms with E-state index in [9.17, 15) is 4.79 Å². The first kappa shape index (κ1) is 17.1. The second-order valence-electron chi connectivity index (χ2n) is 4.74. The third-order valence-corrected chi connectivity index (χ3v) is 4.31. The average Bonchev–Trinajstić information content (AvgIpc) is 2.59. The van der Waals surface area contributed by atoms with Crippen LogP contribution in [-0.4, -0.2) is 12.9 Å². The molecule has 0 aliphatic heterocycles. The zero-order valence-electron chi connectivity index (χ0n) is 12.0. The van der Waals surface area contributed by atoms with E-state index < -0.39 is 0 Å². The van der Waals surface area contributed by atoms with Gasteiger partial charge in [-0.05, 0) is 35.4 Å². The van der Waals surface area contributed by atoms with Crippen LogP contribution in [0.2, 0.25) is 0 Å². The predicted molar refractivity (Wildman–Crippen MR) is 91.5 cm³/mol. The molecule has 0 atom stereocenters. The van der Waals surface area contributed by atoms with Crippen LogP contribution >= 0.6 is 34.8 Å². The fourth-order valence-electron chi connectivity index (χ4n) is 2.21. The number of benzene rings is 2. The van der Waals surface area contributed by atoms with Crippen molar-refractivity contribution in [3.05, 3.63) is 64.2 Å². The molecule has 0 aromatic heterocycles. The Morgan fingerprint density at radius 2 is 1.41 bits per heavy atom. The van der Waals surface area contributed by atoms with E-state index in [1.807, 2.05) is 6.07 Å². The standard InChI is InChI=1S/C17H15Cl3O2/c1-22-16-5-4-12(7-15(16)10-20)17(21)11-2-3-13(8-18)14(6-11)9-19/h2-7H,8-10H2,1H3. The molecule has 0 N–H and O–H groups in total. The highest BCUT2D eigenvalue weighted by atomic mass is 35.5. The minimum atomic E-state index is -0.0819. The van der Waals surface area contributed by atoms with Crippen molar-refractivity contribution in [3.63, 3.8) is 0 Å². The van der Waals surface area contributed by atoms with Crippen LogP contribution < -0.4 is 4.74 Å². The van der Waals surface area contributed by atoms with Gasteiger partial charge in [0.1, 0.15) is 5.75 Å². The lowest BCUT2D eigenvalue weighted by molar-refractivity contribution is 0.103. The molecule has 0 spiro atoms. The topological polar surface area (TPSA) is 26.3 Å². The minimum absolute atomic E-state index is 0.0819. The minimum Gasteiger partial charge on any atom is -0.496 e. The molecule has 0 unspecified atom stereocenters. The first-order valence-corrected chi connectivity index (χ1v) is 8.26. The highest BCUT2D eigenvalue weighted by Crippen LogP contribution is 2.24. The van der Waals surface area contributed by atoms with Crippen LogP contribution in [0.4, 0.5) is 0 Å². The lowest BCUT2D eigenvalue weighted by Crippen LogP contribution is -2.04. The number of carbonyl (C=O) groups is 1. The van der Waals surface area contributed by atoms with Gasteiger partial charge in [-0.25, -0.2) is 0 Å². The number of alkyl halides is 3. The summed E-state index contributed by atoms with van der Waals surface area (Å²) in [5.41, 5.74) is 3.73. The zero-order chi connectivity index (χ0) is 16.1. The monoisotopic (exact) mass is 356 g/mol. The molecule has 2 aromatic rings. The Labute approximate surface area is 144 Å². The lowest BCUT2D eigenvalue weighted by Gasteiger charge is -2.10. The Kier molecular flexibility index (Phi) is 6.13. The number of methoxy groups -OCH3 is 1. The summed E-state index contributed by atoms with van der Waals surface area (Å²) in [7, 11) is 1.57. The number of carbonyl (C=O) groups excluding carboxylic acids is 1. The van der Waals surface area contributed by atoms with E-state index in [0.717, 1.165) is 16.7 Å². The maximum absolute atomic E-state index is 12.6. The molecule has 0 heterocycles. The third-order valence-electron chi connectivity index (χ3n) is 3.44. The molecule has 0 fully saturated rings. The molecule has 0 saturated carbocycles. The molecule has 5 heteroatoms. The van der Waals surface area contributed by atoms with E-state index in [1.54, 1.807) is 37.4 Å². The van der Waals surface area contributed by atoms with E-state index in [-0.39, 0.29) is 11.7 Å². The molecule has 0 bridgehead atoms. The average molecular weight is 358 g/mol. The fourth-order valence-corrected chi connectivity index (χ4v) is 2.93. The van der Waals surface area contributed by atoms with Gasteiger partial charge in [-0.2, -0.15) is 0 Å². The Morgan fingerprint density at radius 3 is 1.95 bits per heavy atom. The first-order valence-electron chi connectivity index (χ1n) is 6.66. The third kappa shape index (κ3) is 3.57. The Hall–Kier alpha value is -1.22. The number of hydrogen-bond acceptors (Lipinski definition) is 2. The van der Waals surface area contributed by atoms with Crippen LogP contribution in [0.3, 0.4) is 0 Å². The second kappa shape index (κ2) is 7.87. The summed E-state index contributed by atoms with van der Waals surface area (Å²) in [4.78, 5) is 12.6. The van der Waals surface area contributed by atoms with Crippen molar-refractivity contribution in [2.45, 2.75) is 17.6 Å². The van der Waals surface area contributed by atoms with Gasteiger partial charge < -0.3 is 4.74 Å². The first-order chi connectivity index (χ1) is 10.6. The smallest absolute Gasteiger partial charge is 0.193 e. The van der Waals surface area contributed by atoms with Crippen molar-refractivity contribution >= 4 is 40.6 Å². The predicted octanol–water partition coefficient (Wildman–Crippen LogP) is 5.14. The van der Waals surface area contributed by atoms with Crippen LogP contribution in [0, 0.1) is 0 Å². The summed E-state index contributed by atoms with van der Waals surface area (Å²) in [5.74, 6) is 1.56. The largest absolute Gasteiger partial charge is 0.496 e. The van der Waals surface area contributed by atoms with Gasteiger partial charge in [0.25, 0.3) is 0 Å². The van der Waals surface area contributed by atoms with Crippen LogP contribution in [-0.2, 0) is 17.6 Å². The highest BCUT2D eigenvalue weighted by Gasteiger charge is 2.13. The van der Waals surface area contributed by atoms with Crippen molar-refractivity contribution in [2.75, 3.05) is 7.11 Å². The zero-order valence-corrected chi connectivity index (χ0v) is 14.3. The van der Waals surface area contributed by atoms with Crippen molar-refractivity contribution in [2.24, 2.45) is 0 Å². The number of ether oxygens (including phenoxy) is 1. The van der Waals surface area contributed by atoms with Crippen LogP contribution in [0.25, 0.3) is 0 Å². The summed E-state index contributed by atoms with van der Waals surface area (Å²) in [6, 6.07) is 10.6. The van der Waals surface area contributed by atoms with E-state index in [1.165, 1.54) is 0 Å². The number of hydrogen-bond donors (Lipinski definition) is 0. The van der Waals surface area contributed by atoms with Gasteiger partial charge >= 0.3 is 0 Å². The molecule has 0 radical (unpaired) electrons. The molecule has 22 heavy (non-hydrogen) atoms. The molecule has 2 nitrogen and oxygen atoms in total. The van der Waals surface area contributed by atoms with Crippen LogP contribution in [0.1, 0.15) is 32.6 Å². The SMILES string of the molecule is COc1ccc(C(=O)c2ccc(CCl)c(CCl)c2)cc1CCl. The summed E-state index contributed by atoms with van der Waals surface area (Å²) in [5, 5.41) is 0. The lowest BCUT2D eigenvalue weighted by atomic mass is 9.98. The molecule has 2 aromatic carbocycles. The summed E-state index contributed by atoms with van der Waals surface area (Å²) in [6.45, 7) is 0. The van der Waals surface area contributed by atoms with Gasteiger partial charge in [0.05, 0.1) is 13.0 Å². The van der Waals surface area contributed by atoms with E-state index >= 15 is 0 Å². The molecule has 0 aliphatic carbocycles.